The summed E-state index contributed by atoms with van der Waals surface area (Å²) in [6.45, 7) is 0. The number of nitrogens with zero attached hydrogens (tertiary/aromatic N) is 2. The lowest BCUT2D eigenvalue weighted by Gasteiger charge is -2.24. The van der Waals surface area contributed by atoms with Crippen molar-refractivity contribution < 1.29 is 26.2 Å². The fraction of sp³-hybridized carbons (Fsp3) is 0.208. The van der Waals surface area contributed by atoms with Gasteiger partial charge in [0.2, 0.25) is 0 Å². The van der Waals surface area contributed by atoms with Gasteiger partial charge in [-0.25, -0.2) is 0 Å². The Balaban J connectivity index is 1.73. The van der Waals surface area contributed by atoms with Crippen molar-refractivity contribution in [2.75, 3.05) is 11.3 Å². The minimum Gasteiger partial charge on any atom is -0.258 e. The summed E-state index contributed by atoms with van der Waals surface area (Å²) >= 11 is 0. The van der Waals surface area contributed by atoms with E-state index >= 15 is 0 Å². The molecule has 172 valence electrons. The van der Waals surface area contributed by atoms with Crippen LogP contribution in [-0.4, -0.2) is 28.3 Å². The molecule has 2 atom stereocenters. The Bertz CT molecular complexity index is 1190. The van der Waals surface area contributed by atoms with Gasteiger partial charge in [-0.3, -0.25) is 9.22 Å². The molecule has 9 heteroatoms. The van der Waals surface area contributed by atoms with E-state index in [-0.39, 0.29) is 0 Å². The summed E-state index contributed by atoms with van der Waals surface area (Å²) in [6.07, 6.45) is -4.73. The molecule has 1 aliphatic heterocycles. The highest BCUT2D eigenvalue weighted by Gasteiger charge is 2.62. The molecule has 3 aromatic carbocycles. The normalized spacial score (nSPS) is 17.7. The standard InChI is InChI=1S/C24H19F5N2OS/c1-33(32)20-12-10-16(11-13-20)17-6-5-7-18(14-17)21-15-22(23(25,26)24(27,28)29)30-31(21)19-8-3-2-4-9-19/h2-14,21H,15H2,1H3. The van der Waals surface area contributed by atoms with Crippen molar-refractivity contribution in [1.82, 2.24) is 0 Å². The van der Waals surface area contributed by atoms with E-state index in [4.69, 9.17) is 0 Å². The first-order valence-corrected chi connectivity index (χ1v) is 11.5. The van der Waals surface area contributed by atoms with E-state index in [9.17, 15) is 26.2 Å². The molecule has 0 fully saturated rings. The third-order valence-electron chi connectivity index (χ3n) is 5.44. The largest absolute Gasteiger partial charge is 0.459 e. The van der Waals surface area contributed by atoms with E-state index in [1.807, 2.05) is 6.07 Å². The molecule has 33 heavy (non-hydrogen) atoms. The molecule has 0 aliphatic carbocycles. The zero-order chi connectivity index (χ0) is 23.8. The van der Waals surface area contributed by atoms with Crippen molar-refractivity contribution >= 4 is 22.2 Å². The second kappa shape index (κ2) is 8.70. The lowest BCUT2D eigenvalue weighted by atomic mass is 9.95. The predicted molar refractivity (Wildman–Crippen MR) is 119 cm³/mol. The van der Waals surface area contributed by atoms with E-state index in [2.05, 4.69) is 5.10 Å². The van der Waals surface area contributed by atoms with Crippen molar-refractivity contribution in [3.63, 3.8) is 0 Å². The number of hydrogen-bond donors (Lipinski definition) is 0. The molecule has 3 aromatic rings. The van der Waals surface area contributed by atoms with Gasteiger partial charge in [0, 0.05) is 28.4 Å². The lowest BCUT2D eigenvalue weighted by molar-refractivity contribution is -0.249. The third kappa shape index (κ3) is 4.55. The predicted octanol–water partition coefficient (Wildman–Crippen LogP) is 6.60. The molecule has 2 unspecified atom stereocenters. The maximum absolute atomic E-state index is 14.2. The van der Waals surface area contributed by atoms with Gasteiger partial charge in [0.25, 0.3) is 0 Å². The second-order valence-corrected chi connectivity index (χ2v) is 9.00. The first-order valence-electron chi connectivity index (χ1n) is 9.98. The minimum atomic E-state index is -5.73. The van der Waals surface area contributed by atoms with Gasteiger partial charge in [-0.15, -0.1) is 0 Å². The van der Waals surface area contributed by atoms with Crippen molar-refractivity contribution in [2.45, 2.75) is 29.5 Å². The molecule has 0 N–H and O–H groups in total. The van der Waals surface area contributed by atoms with Crippen LogP contribution in [0.3, 0.4) is 0 Å². The topological polar surface area (TPSA) is 32.7 Å². The molecule has 1 heterocycles. The molecule has 0 saturated heterocycles. The molecule has 0 radical (unpaired) electrons. The maximum Gasteiger partial charge on any atom is 0.459 e. The van der Waals surface area contributed by atoms with Gasteiger partial charge in [0.1, 0.15) is 5.71 Å². The number of benzene rings is 3. The molecule has 3 nitrogen and oxygen atoms in total. The van der Waals surface area contributed by atoms with Crippen LogP contribution in [0.15, 0.2) is 88.9 Å². The summed E-state index contributed by atoms with van der Waals surface area (Å²) in [6, 6.07) is 21.4. The maximum atomic E-state index is 14.2. The third-order valence-corrected chi connectivity index (χ3v) is 6.38. The molecule has 0 aromatic heterocycles. The Morgan fingerprint density at radius 2 is 1.55 bits per heavy atom. The summed E-state index contributed by atoms with van der Waals surface area (Å²) in [5, 5.41) is 4.95. The van der Waals surface area contributed by atoms with Crippen molar-refractivity contribution in [3.8, 4) is 11.1 Å². The number of para-hydroxylation sites is 1. The number of alkyl halides is 5. The highest BCUT2D eigenvalue weighted by Crippen LogP contribution is 2.44. The minimum absolute atomic E-state index is 0.413. The average molecular weight is 478 g/mol. The van der Waals surface area contributed by atoms with Crippen LogP contribution in [0.2, 0.25) is 0 Å². The monoisotopic (exact) mass is 478 g/mol. The van der Waals surface area contributed by atoms with Gasteiger partial charge >= 0.3 is 12.1 Å². The summed E-state index contributed by atoms with van der Waals surface area (Å²) < 4.78 is 79.1. The average Bonchev–Trinajstić information content (AvgIpc) is 3.25. The van der Waals surface area contributed by atoms with Crippen LogP contribution >= 0.6 is 0 Å². The molecular weight excluding hydrogens is 459 g/mol. The molecule has 0 amide bonds. The Hall–Kier alpha value is -3.07. The quantitative estimate of drug-likeness (QED) is 0.387. The van der Waals surface area contributed by atoms with Crippen LogP contribution < -0.4 is 5.01 Å². The smallest absolute Gasteiger partial charge is 0.258 e. The van der Waals surface area contributed by atoms with Gasteiger partial charge in [0.15, 0.2) is 0 Å². The number of rotatable bonds is 5. The number of anilines is 1. The van der Waals surface area contributed by atoms with E-state index < -0.39 is 41.1 Å². The molecule has 1 aliphatic rings. The highest BCUT2D eigenvalue weighted by molar-refractivity contribution is 7.84. The number of halogens is 5. The SMILES string of the molecule is CS(=O)c1ccc(-c2cccc(C3CC(C(F)(F)C(F)(F)F)=NN3c3ccccc3)c2)cc1. The summed E-state index contributed by atoms with van der Waals surface area (Å²) in [5.74, 6) is -5.03. The van der Waals surface area contributed by atoms with E-state index in [1.54, 1.807) is 79.1 Å². The summed E-state index contributed by atoms with van der Waals surface area (Å²) in [5.41, 5.74) is 1.30. The van der Waals surface area contributed by atoms with E-state index in [1.165, 1.54) is 5.01 Å². The Morgan fingerprint density at radius 3 is 2.15 bits per heavy atom. The van der Waals surface area contributed by atoms with Gasteiger partial charge in [0.05, 0.1) is 11.7 Å². The highest BCUT2D eigenvalue weighted by atomic mass is 32.2. The van der Waals surface area contributed by atoms with Crippen LogP contribution in [0.5, 0.6) is 0 Å². The fourth-order valence-electron chi connectivity index (χ4n) is 3.71. The van der Waals surface area contributed by atoms with Crippen molar-refractivity contribution in [3.05, 3.63) is 84.4 Å². The Morgan fingerprint density at radius 1 is 0.879 bits per heavy atom. The number of hydrogen-bond acceptors (Lipinski definition) is 3. The molecule has 4 rings (SSSR count). The fourth-order valence-corrected chi connectivity index (χ4v) is 4.23. The summed E-state index contributed by atoms with van der Waals surface area (Å²) in [7, 11) is -1.13. The summed E-state index contributed by atoms with van der Waals surface area (Å²) in [4.78, 5) is 0.661. The van der Waals surface area contributed by atoms with Crippen LogP contribution in [0, 0.1) is 0 Å². The number of hydrazone groups is 1. The molecular formula is C24H19F5N2OS. The van der Waals surface area contributed by atoms with Gasteiger partial charge in [-0.2, -0.15) is 27.1 Å². The second-order valence-electron chi connectivity index (χ2n) is 7.62. The van der Waals surface area contributed by atoms with Gasteiger partial charge in [-0.05, 0) is 47.0 Å². The Labute approximate surface area is 190 Å². The zero-order valence-electron chi connectivity index (χ0n) is 17.4. The van der Waals surface area contributed by atoms with Crippen LogP contribution in [0.4, 0.5) is 27.6 Å². The lowest BCUT2D eigenvalue weighted by Crippen LogP contribution is -2.43. The molecule has 0 spiro atoms. The Kier molecular flexibility index (Phi) is 6.09. The van der Waals surface area contributed by atoms with Crippen molar-refractivity contribution in [1.29, 1.82) is 0 Å². The first-order chi connectivity index (χ1) is 15.6. The van der Waals surface area contributed by atoms with E-state index in [0.717, 1.165) is 11.1 Å². The molecule has 0 bridgehead atoms. The van der Waals surface area contributed by atoms with Crippen LogP contribution in [0.25, 0.3) is 11.1 Å². The zero-order valence-corrected chi connectivity index (χ0v) is 18.2. The van der Waals surface area contributed by atoms with Crippen LogP contribution in [0.1, 0.15) is 18.0 Å². The van der Waals surface area contributed by atoms with E-state index in [0.29, 0.717) is 16.1 Å². The first kappa shape index (κ1) is 23.1. The van der Waals surface area contributed by atoms with Gasteiger partial charge in [-0.1, -0.05) is 48.5 Å². The van der Waals surface area contributed by atoms with Crippen LogP contribution in [-0.2, 0) is 10.8 Å². The molecule has 0 saturated carbocycles. The van der Waals surface area contributed by atoms with Crippen molar-refractivity contribution in [2.24, 2.45) is 5.10 Å². The van der Waals surface area contributed by atoms with Gasteiger partial charge < -0.3 is 0 Å².